The molecule has 4 N–H and O–H groups in total. The Morgan fingerprint density at radius 1 is 1.53 bits per heavy atom. The van der Waals surface area contributed by atoms with Crippen LogP contribution in [0.4, 0.5) is 5.69 Å². The molecule has 0 saturated heterocycles. The molecule has 5 heteroatoms. The van der Waals surface area contributed by atoms with Gasteiger partial charge in [0, 0.05) is 23.6 Å². The lowest BCUT2D eigenvalue weighted by molar-refractivity contribution is 0.0933. The van der Waals surface area contributed by atoms with Crippen LogP contribution < -0.4 is 11.1 Å². The molecule has 1 unspecified atom stereocenters. The number of aromatic amines is 1. The first-order valence-corrected chi connectivity index (χ1v) is 6.28. The highest BCUT2D eigenvalue weighted by molar-refractivity contribution is 5.96. The van der Waals surface area contributed by atoms with Crippen molar-refractivity contribution in [3.05, 3.63) is 47.5 Å². The minimum Gasteiger partial charge on any atom is -0.399 e. The molecule has 0 fully saturated rings. The van der Waals surface area contributed by atoms with Crippen LogP contribution in [0.15, 0.2) is 30.6 Å². The molecule has 1 aromatic carbocycles. The van der Waals surface area contributed by atoms with Crippen LogP contribution in [-0.4, -0.2) is 15.9 Å². The average molecular weight is 258 g/mol. The number of nitrogens with one attached hydrogen (secondary N) is 2. The number of anilines is 1. The molecule has 0 saturated carbocycles. The molecular formula is C14H18N4O. The van der Waals surface area contributed by atoms with Crippen molar-refractivity contribution in [1.82, 2.24) is 15.3 Å². The second-order valence-electron chi connectivity index (χ2n) is 4.48. The zero-order valence-electron chi connectivity index (χ0n) is 11.1. The normalized spacial score (nSPS) is 12.1. The topological polar surface area (TPSA) is 83.8 Å². The smallest absolute Gasteiger partial charge is 0.252 e. The highest BCUT2D eigenvalue weighted by Gasteiger charge is 2.17. The van der Waals surface area contributed by atoms with E-state index in [1.165, 1.54) is 0 Å². The van der Waals surface area contributed by atoms with Gasteiger partial charge in [-0.1, -0.05) is 13.0 Å². The standard InChI is InChI=1S/C14H18N4O/c1-3-12(13-16-6-7-17-13)18-14(19)11-8-10(15)5-4-9(11)2/h4-8,12H,3,15H2,1-2H3,(H,16,17)(H,18,19). The fourth-order valence-electron chi connectivity index (χ4n) is 1.95. The van der Waals surface area contributed by atoms with Crippen LogP contribution in [0.1, 0.15) is 41.1 Å². The Balaban J connectivity index is 2.18. The number of hydrogen-bond donors (Lipinski definition) is 3. The summed E-state index contributed by atoms with van der Waals surface area (Å²) in [6.45, 7) is 3.89. The van der Waals surface area contributed by atoms with E-state index < -0.39 is 0 Å². The summed E-state index contributed by atoms with van der Waals surface area (Å²) in [5, 5.41) is 2.97. The first kappa shape index (κ1) is 13.1. The third-order valence-corrected chi connectivity index (χ3v) is 3.07. The van der Waals surface area contributed by atoms with Gasteiger partial charge in [-0.05, 0) is 31.0 Å². The van der Waals surface area contributed by atoms with Crippen LogP contribution in [-0.2, 0) is 0 Å². The quantitative estimate of drug-likeness (QED) is 0.735. The van der Waals surface area contributed by atoms with E-state index in [1.807, 2.05) is 19.9 Å². The lowest BCUT2D eigenvalue weighted by atomic mass is 10.1. The van der Waals surface area contributed by atoms with Gasteiger partial charge < -0.3 is 16.0 Å². The number of imidazole rings is 1. The van der Waals surface area contributed by atoms with Crippen molar-refractivity contribution in [2.45, 2.75) is 26.3 Å². The van der Waals surface area contributed by atoms with E-state index in [4.69, 9.17) is 5.73 Å². The van der Waals surface area contributed by atoms with Gasteiger partial charge in [0.05, 0.1) is 6.04 Å². The van der Waals surface area contributed by atoms with Gasteiger partial charge in [-0.25, -0.2) is 4.98 Å². The van der Waals surface area contributed by atoms with E-state index >= 15 is 0 Å². The fourth-order valence-corrected chi connectivity index (χ4v) is 1.95. The second-order valence-corrected chi connectivity index (χ2v) is 4.48. The molecule has 100 valence electrons. The number of H-pyrrole nitrogens is 1. The third-order valence-electron chi connectivity index (χ3n) is 3.07. The zero-order valence-corrected chi connectivity index (χ0v) is 11.1. The number of carbonyl (C=O) groups excluding carboxylic acids is 1. The predicted molar refractivity (Wildman–Crippen MR) is 74.7 cm³/mol. The van der Waals surface area contributed by atoms with Crippen molar-refractivity contribution >= 4 is 11.6 Å². The molecule has 1 atom stereocenters. The number of rotatable bonds is 4. The lowest BCUT2D eigenvalue weighted by Crippen LogP contribution is -2.29. The molecule has 1 aromatic heterocycles. The number of amides is 1. The first-order chi connectivity index (χ1) is 9.11. The Bertz CT molecular complexity index is 563. The van der Waals surface area contributed by atoms with E-state index in [9.17, 15) is 4.79 Å². The van der Waals surface area contributed by atoms with Gasteiger partial charge in [0.15, 0.2) is 0 Å². The van der Waals surface area contributed by atoms with Gasteiger partial charge in [-0.3, -0.25) is 4.79 Å². The molecule has 0 bridgehead atoms. The molecule has 0 aliphatic rings. The number of hydrogen-bond acceptors (Lipinski definition) is 3. The number of nitrogens with two attached hydrogens (primary N) is 1. The Morgan fingerprint density at radius 3 is 2.95 bits per heavy atom. The van der Waals surface area contributed by atoms with Gasteiger partial charge in [0.2, 0.25) is 0 Å². The van der Waals surface area contributed by atoms with Gasteiger partial charge in [-0.2, -0.15) is 0 Å². The zero-order chi connectivity index (χ0) is 13.8. The summed E-state index contributed by atoms with van der Waals surface area (Å²) in [5.74, 6) is 0.630. The third kappa shape index (κ3) is 2.93. The molecule has 0 radical (unpaired) electrons. The molecule has 19 heavy (non-hydrogen) atoms. The van der Waals surface area contributed by atoms with E-state index in [-0.39, 0.29) is 11.9 Å². The maximum Gasteiger partial charge on any atom is 0.252 e. The predicted octanol–water partition coefficient (Wildman–Crippen LogP) is 2.18. The summed E-state index contributed by atoms with van der Waals surface area (Å²) in [4.78, 5) is 19.5. The maximum absolute atomic E-state index is 12.3. The first-order valence-electron chi connectivity index (χ1n) is 6.28. The highest BCUT2D eigenvalue weighted by Crippen LogP contribution is 2.16. The largest absolute Gasteiger partial charge is 0.399 e. The van der Waals surface area contributed by atoms with Gasteiger partial charge in [0.1, 0.15) is 5.82 Å². The SMILES string of the molecule is CCC(NC(=O)c1cc(N)ccc1C)c1ncc[nH]1. The Kier molecular flexibility index (Phi) is 3.85. The maximum atomic E-state index is 12.3. The van der Waals surface area contributed by atoms with Crippen molar-refractivity contribution in [2.24, 2.45) is 0 Å². The number of carbonyl (C=O) groups is 1. The summed E-state index contributed by atoms with van der Waals surface area (Å²) in [5.41, 5.74) is 7.82. The van der Waals surface area contributed by atoms with Gasteiger partial charge in [-0.15, -0.1) is 0 Å². The number of aryl methyl sites for hydroxylation is 1. The lowest BCUT2D eigenvalue weighted by Gasteiger charge is -2.16. The van der Waals surface area contributed by atoms with E-state index in [1.54, 1.807) is 24.5 Å². The molecule has 5 nitrogen and oxygen atoms in total. The summed E-state index contributed by atoms with van der Waals surface area (Å²) in [6.07, 6.45) is 4.19. The molecule has 1 heterocycles. The number of nitrogen functional groups attached to an aromatic ring is 1. The fraction of sp³-hybridized carbons (Fsp3) is 0.286. The van der Waals surface area contributed by atoms with Crippen LogP contribution in [0.5, 0.6) is 0 Å². The van der Waals surface area contributed by atoms with Crippen LogP contribution in [0, 0.1) is 6.92 Å². The second kappa shape index (κ2) is 5.56. The molecule has 2 rings (SSSR count). The molecule has 0 spiro atoms. The van der Waals surface area contributed by atoms with Crippen molar-refractivity contribution in [1.29, 1.82) is 0 Å². The number of nitrogens with zero attached hydrogens (tertiary/aromatic N) is 1. The molecular weight excluding hydrogens is 240 g/mol. The van der Waals surface area contributed by atoms with Crippen LogP contribution >= 0.6 is 0 Å². The Labute approximate surface area is 112 Å². The van der Waals surface area contributed by atoms with Crippen LogP contribution in [0.2, 0.25) is 0 Å². The van der Waals surface area contributed by atoms with Crippen molar-refractivity contribution in [3.63, 3.8) is 0 Å². The number of benzene rings is 1. The van der Waals surface area contributed by atoms with Crippen LogP contribution in [0.25, 0.3) is 0 Å². The summed E-state index contributed by atoms with van der Waals surface area (Å²) < 4.78 is 0. The monoisotopic (exact) mass is 258 g/mol. The minimum atomic E-state index is -0.131. The van der Waals surface area contributed by atoms with Gasteiger partial charge >= 0.3 is 0 Å². The molecule has 1 amide bonds. The molecule has 2 aromatic rings. The van der Waals surface area contributed by atoms with Crippen molar-refractivity contribution in [3.8, 4) is 0 Å². The van der Waals surface area contributed by atoms with Crippen molar-refractivity contribution < 1.29 is 4.79 Å². The van der Waals surface area contributed by atoms with E-state index in [0.29, 0.717) is 11.3 Å². The highest BCUT2D eigenvalue weighted by atomic mass is 16.1. The molecule has 0 aliphatic heterocycles. The average Bonchev–Trinajstić information content (AvgIpc) is 2.92. The molecule has 0 aliphatic carbocycles. The Morgan fingerprint density at radius 2 is 2.32 bits per heavy atom. The van der Waals surface area contributed by atoms with E-state index in [2.05, 4.69) is 15.3 Å². The summed E-state index contributed by atoms with van der Waals surface area (Å²) in [7, 11) is 0. The number of aromatic nitrogens is 2. The minimum absolute atomic E-state index is 0.122. The van der Waals surface area contributed by atoms with Gasteiger partial charge in [0.25, 0.3) is 5.91 Å². The van der Waals surface area contributed by atoms with Crippen LogP contribution in [0.3, 0.4) is 0 Å². The van der Waals surface area contributed by atoms with Crippen molar-refractivity contribution in [2.75, 3.05) is 5.73 Å². The summed E-state index contributed by atoms with van der Waals surface area (Å²) in [6, 6.07) is 5.21. The summed E-state index contributed by atoms with van der Waals surface area (Å²) >= 11 is 0. The van der Waals surface area contributed by atoms with E-state index in [0.717, 1.165) is 17.8 Å². The Hall–Kier alpha value is -2.30.